The van der Waals surface area contributed by atoms with Gasteiger partial charge in [0.25, 0.3) is 10.2 Å². The van der Waals surface area contributed by atoms with Crippen molar-refractivity contribution in [1.82, 2.24) is 14.6 Å². The number of rotatable bonds is 4. The number of aryl methyl sites for hydroxylation is 1. The Kier molecular flexibility index (Phi) is 4.27. The van der Waals surface area contributed by atoms with Crippen LogP contribution in [0.2, 0.25) is 0 Å². The smallest absolute Gasteiger partial charge is 0.270 e. The maximum atomic E-state index is 12.6. The largest absolute Gasteiger partial charge is 0.339 e. The third-order valence-corrected chi connectivity index (χ3v) is 5.21. The van der Waals surface area contributed by atoms with Crippen LogP contribution in [0.4, 0.5) is 10.5 Å². The van der Waals surface area contributed by atoms with E-state index in [2.05, 4.69) is 10.1 Å². The lowest BCUT2D eigenvalue weighted by atomic mass is 10.1. The SMILES string of the molecule is CNS(=O)(=O)N1NC(=O)N(c2ccccc2C)C1c1ccccc1. The van der Waals surface area contributed by atoms with E-state index in [1.165, 1.54) is 11.9 Å². The van der Waals surface area contributed by atoms with Crippen LogP contribution in [-0.4, -0.2) is 25.9 Å². The van der Waals surface area contributed by atoms with Gasteiger partial charge in [0.05, 0.1) is 5.69 Å². The minimum atomic E-state index is -3.87. The number of carbonyl (C=O) groups is 1. The third kappa shape index (κ3) is 2.75. The van der Waals surface area contributed by atoms with Gasteiger partial charge >= 0.3 is 6.03 Å². The lowest BCUT2D eigenvalue weighted by Gasteiger charge is -2.28. The van der Waals surface area contributed by atoms with Crippen molar-refractivity contribution in [3.63, 3.8) is 0 Å². The summed E-state index contributed by atoms with van der Waals surface area (Å²) in [5.74, 6) is 0. The molecule has 2 amide bonds. The summed E-state index contributed by atoms with van der Waals surface area (Å²) in [5, 5.41) is 0. The number of urea groups is 1. The van der Waals surface area contributed by atoms with Gasteiger partial charge in [-0.05, 0) is 24.1 Å². The number of nitrogens with zero attached hydrogens (tertiary/aromatic N) is 2. The fraction of sp³-hybridized carbons (Fsp3) is 0.188. The second-order valence-corrected chi connectivity index (χ2v) is 7.11. The van der Waals surface area contributed by atoms with E-state index in [1.807, 2.05) is 31.2 Å². The van der Waals surface area contributed by atoms with Gasteiger partial charge in [0.1, 0.15) is 0 Å². The number of nitrogens with one attached hydrogen (secondary N) is 2. The Hall–Kier alpha value is -2.42. The summed E-state index contributed by atoms with van der Waals surface area (Å²) in [7, 11) is -2.57. The molecule has 1 saturated heterocycles. The van der Waals surface area contributed by atoms with Crippen molar-refractivity contribution in [2.75, 3.05) is 11.9 Å². The fourth-order valence-electron chi connectivity index (χ4n) is 2.70. The average molecular weight is 346 g/mol. The van der Waals surface area contributed by atoms with Gasteiger partial charge in [0, 0.05) is 7.05 Å². The zero-order valence-electron chi connectivity index (χ0n) is 13.3. The molecule has 0 saturated carbocycles. The van der Waals surface area contributed by atoms with Gasteiger partial charge in [0.2, 0.25) is 0 Å². The number of hydrogen-bond acceptors (Lipinski definition) is 3. The first-order chi connectivity index (χ1) is 11.5. The molecule has 1 atom stereocenters. The van der Waals surface area contributed by atoms with Crippen molar-refractivity contribution in [2.24, 2.45) is 0 Å². The van der Waals surface area contributed by atoms with Crippen molar-refractivity contribution in [3.8, 4) is 0 Å². The summed E-state index contributed by atoms with van der Waals surface area (Å²) in [6.07, 6.45) is -0.822. The first kappa shape index (κ1) is 16.4. The molecule has 2 aromatic rings. The first-order valence-electron chi connectivity index (χ1n) is 7.39. The number of anilines is 1. The van der Waals surface area contributed by atoms with Gasteiger partial charge in [-0.15, -0.1) is 0 Å². The van der Waals surface area contributed by atoms with E-state index in [-0.39, 0.29) is 0 Å². The summed E-state index contributed by atoms with van der Waals surface area (Å²) in [5.41, 5.74) is 4.64. The fourth-order valence-corrected chi connectivity index (χ4v) is 3.57. The van der Waals surface area contributed by atoms with Crippen LogP contribution >= 0.6 is 0 Å². The maximum absolute atomic E-state index is 12.6. The highest BCUT2D eigenvalue weighted by molar-refractivity contribution is 7.87. The molecular weight excluding hydrogens is 328 g/mol. The number of hydrazine groups is 1. The van der Waals surface area contributed by atoms with E-state index >= 15 is 0 Å². The molecule has 24 heavy (non-hydrogen) atoms. The van der Waals surface area contributed by atoms with Crippen molar-refractivity contribution in [2.45, 2.75) is 13.1 Å². The quantitative estimate of drug-likeness (QED) is 0.887. The Balaban J connectivity index is 2.17. The zero-order chi connectivity index (χ0) is 17.3. The highest BCUT2D eigenvalue weighted by Crippen LogP contribution is 2.36. The molecule has 1 heterocycles. The lowest BCUT2D eigenvalue weighted by Crippen LogP contribution is -2.45. The molecule has 0 spiro atoms. The molecule has 7 nitrogen and oxygen atoms in total. The maximum Gasteiger partial charge on any atom is 0.339 e. The number of para-hydroxylation sites is 1. The van der Waals surface area contributed by atoms with E-state index in [0.29, 0.717) is 11.3 Å². The van der Waals surface area contributed by atoms with Crippen LogP contribution in [0.3, 0.4) is 0 Å². The van der Waals surface area contributed by atoms with Crippen LogP contribution in [0.15, 0.2) is 54.6 Å². The van der Waals surface area contributed by atoms with Crippen LogP contribution in [0, 0.1) is 6.92 Å². The summed E-state index contributed by atoms with van der Waals surface area (Å²) in [6, 6.07) is 15.9. The molecule has 0 radical (unpaired) electrons. The minimum absolute atomic E-state index is 0.503. The van der Waals surface area contributed by atoms with Crippen LogP contribution in [0.25, 0.3) is 0 Å². The Morgan fingerprint density at radius 1 is 1.04 bits per heavy atom. The molecule has 1 unspecified atom stereocenters. The predicted octanol–water partition coefficient (Wildman–Crippen LogP) is 1.90. The molecule has 3 rings (SSSR count). The van der Waals surface area contributed by atoms with Crippen LogP contribution < -0.4 is 15.0 Å². The van der Waals surface area contributed by atoms with E-state index in [0.717, 1.165) is 9.98 Å². The molecule has 1 aliphatic rings. The Bertz CT molecular complexity index is 855. The van der Waals surface area contributed by atoms with E-state index in [4.69, 9.17) is 0 Å². The molecular formula is C16H18N4O3S. The van der Waals surface area contributed by atoms with Crippen LogP contribution in [0.5, 0.6) is 0 Å². The van der Waals surface area contributed by atoms with E-state index in [1.54, 1.807) is 30.3 Å². The first-order valence-corrected chi connectivity index (χ1v) is 8.83. The monoisotopic (exact) mass is 346 g/mol. The van der Waals surface area contributed by atoms with Crippen molar-refractivity contribution in [3.05, 3.63) is 65.7 Å². The number of amides is 2. The average Bonchev–Trinajstić information content (AvgIpc) is 2.94. The summed E-state index contributed by atoms with van der Waals surface area (Å²) in [4.78, 5) is 14.0. The van der Waals surface area contributed by atoms with Gasteiger partial charge in [-0.1, -0.05) is 52.9 Å². The van der Waals surface area contributed by atoms with Gasteiger partial charge < -0.3 is 0 Å². The second kappa shape index (κ2) is 6.23. The minimum Gasteiger partial charge on any atom is -0.270 e. The molecule has 1 fully saturated rings. The zero-order valence-corrected chi connectivity index (χ0v) is 14.1. The molecule has 2 N–H and O–H groups in total. The number of carbonyl (C=O) groups excluding carboxylic acids is 1. The van der Waals surface area contributed by atoms with Crippen LogP contribution in [0.1, 0.15) is 17.3 Å². The lowest BCUT2D eigenvalue weighted by molar-refractivity contribution is 0.243. The number of benzene rings is 2. The molecule has 2 aromatic carbocycles. The molecule has 0 aliphatic carbocycles. The molecule has 126 valence electrons. The van der Waals surface area contributed by atoms with Crippen LogP contribution in [-0.2, 0) is 10.2 Å². The number of hydrogen-bond donors (Lipinski definition) is 2. The van der Waals surface area contributed by atoms with Gasteiger partial charge in [-0.25, -0.2) is 9.52 Å². The summed E-state index contributed by atoms with van der Waals surface area (Å²) < 4.78 is 27.9. The topological polar surface area (TPSA) is 81.8 Å². The Labute approximate surface area is 141 Å². The normalized spacial score (nSPS) is 18.7. The van der Waals surface area contributed by atoms with Crippen molar-refractivity contribution in [1.29, 1.82) is 0 Å². The second-order valence-electron chi connectivity index (χ2n) is 5.36. The third-order valence-electron chi connectivity index (χ3n) is 3.88. The van der Waals surface area contributed by atoms with E-state index < -0.39 is 22.4 Å². The highest BCUT2D eigenvalue weighted by Gasteiger charge is 2.45. The Morgan fingerprint density at radius 3 is 2.29 bits per heavy atom. The Morgan fingerprint density at radius 2 is 1.67 bits per heavy atom. The molecule has 1 aliphatic heterocycles. The molecule has 0 bridgehead atoms. The van der Waals surface area contributed by atoms with Gasteiger partial charge in [0.15, 0.2) is 6.17 Å². The molecule has 8 heteroatoms. The standard InChI is InChI=1S/C16H18N4O3S/c1-12-8-6-7-11-14(12)19-15(13-9-4-3-5-10-13)20(18-16(19)21)24(22,23)17-2/h3-11,15,17H,1-2H3,(H,18,21). The predicted molar refractivity (Wildman–Crippen MR) is 91.2 cm³/mol. The van der Waals surface area contributed by atoms with Crippen molar-refractivity contribution < 1.29 is 13.2 Å². The summed E-state index contributed by atoms with van der Waals surface area (Å²) in [6.45, 7) is 1.87. The molecule has 0 aromatic heterocycles. The summed E-state index contributed by atoms with van der Waals surface area (Å²) >= 11 is 0. The van der Waals surface area contributed by atoms with Gasteiger partial charge in [-0.3, -0.25) is 10.3 Å². The van der Waals surface area contributed by atoms with Crippen molar-refractivity contribution >= 4 is 21.9 Å². The van der Waals surface area contributed by atoms with Gasteiger partial charge in [-0.2, -0.15) is 8.42 Å². The highest BCUT2D eigenvalue weighted by atomic mass is 32.2. The van der Waals surface area contributed by atoms with E-state index in [9.17, 15) is 13.2 Å².